The Morgan fingerprint density at radius 2 is 2.36 bits per heavy atom. The quantitative estimate of drug-likeness (QED) is 0.149. The van der Waals surface area contributed by atoms with E-state index in [0.717, 1.165) is 5.69 Å². The zero-order valence-electron chi connectivity index (χ0n) is 7.39. The average molecular weight is 215 g/mol. The van der Waals surface area contributed by atoms with Gasteiger partial charge in [-0.05, 0) is 6.07 Å². The number of hydrogen-bond donors (Lipinski definition) is 3. The molecule has 6 heteroatoms. The van der Waals surface area contributed by atoms with Crippen molar-refractivity contribution in [2.45, 2.75) is 0 Å². The van der Waals surface area contributed by atoms with Crippen LogP contribution in [0.15, 0.2) is 34.5 Å². The number of aliphatic hydroxyl groups excluding tert-OH is 1. The summed E-state index contributed by atoms with van der Waals surface area (Å²) < 4.78 is 0. The Bertz CT molecular complexity index is 353. The fourth-order valence-corrected chi connectivity index (χ4v) is 1.05. The molecule has 0 unspecified atom stereocenters. The van der Waals surface area contributed by atoms with E-state index in [2.05, 4.69) is 10.2 Å². The van der Waals surface area contributed by atoms with Crippen LogP contribution in [-0.2, 0) is 0 Å². The lowest BCUT2D eigenvalue weighted by Crippen LogP contribution is -2.71. The standard InChI is InChI=1S/C8H9ClN4O/c9-6-2-1-3-7(4-6)12-13-8(5-14)11-10/h1-4,10,12,14H,5H2/p+2/b11-10?,13-8-. The minimum absolute atomic E-state index is 0.171. The van der Waals surface area contributed by atoms with Crippen LogP contribution < -0.4 is 11.0 Å². The Hall–Kier alpha value is -1.30. The van der Waals surface area contributed by atoms with Gasteiger partial charge in [-0.3, -0.25) is 0 Å². The number of aliphatic hydroxyl groups is 1. The number of nitrogens with two attached hydrogens (primary N) is 2. The third-order valence-corrected chi connectivity index (χ3v) is 1.74. The van der Waals surface area contributed by atoms with Gasteiger partial charge in [-0.2, -0.15) is 11.0 Å². The minimum Gasteiger partial charge on any atom is -0.388 e. The molecule has 1 aromatic carbocycles. The van der Waals surface area contributed by atoms with E-state index < -0.39 is 0 Å². The number of quaternary nitrogens is 1. The van der Waals surface area contributed by atoms with Gasteiger partial charge in [0.2, 0.25) is 0 Å². The van der Waals surface area contributed by atoms with E-state index in [1.807, 2.05) is 12.1 Å². The first-order valence-electron chi connectivity index (χ1n) is 3.93. The van der Waals surface area contributed by atoms with Crippen LogP contribution in [0.25, 0.3) is 0 Å². The number of halogens is 1. The summed E-state index contributed by atoms with van der Waals surface area (Å²) in [5.74, 6) is 0.171. The molecule has 0 aromatic heterocycles. The molecule has 0 bridgehead atoms. The van der Waals surface area contributed by atoms with Gasteiger partial charge in [0.1, 0.15) is 6.61 Å². The van der Waals surface area contributed by atoms with Crippen LogP contribution in [0.1, 0.15) is 0 Å². The molecule has 74 valence electrons. The van der Waals surface area contributed by atoms with Gasteiger partial charge in [-0.1, -0.05) is 22.8 Å². The van der Waals surface area contributed by atoms with Crippen LogP contribution in [0.5, 0.6) is 0 Å². The second-order valence-electron chi connectivity index (χ2n) is 2.52. The highest BCUT2D eigenvalue weighted by Crippen LogP contribution is 2.10. The van der Waals surface area contributed by atoms with Crippen molar-refractivity contribution in [3.63, 3.8) is 0 Å². The Labute approximate surface area is 85.9 Å². The normalized spacial score (nSPS) is 11.4. The largest absolute Gasteiger partial charge is 0.388 e. The lowest BCUT2D eigenvalue weighted by molar-refractivity contribution is -0.578. The van der Waals surface area contributed by atoms with Gasteiger partial charge in [0.05, 0.1) is 0 Å². The average Bonchev–Trinajstić information content (AvgIpc) is 2.19. The zero-order valence-corrected chi connectivity index (χ0v) is 8.15. The maximum absolute atomic E-state index is 8.71. The van der Waals surface area contributed by atoms with Gasteiger partial charge in [0.15, 0.2) is 5.69 Å². The lowest BCUT2D eigenvalue weighted by atomic mass is 10.3. The van der Waals surface area contributed by atoms with Crippen LogP contribution in [0, 0.1) is 0 Å². The summed E-state index contributed by atoms with van der Waals surface area (Å²) >= 11 is 5.76. The van der Waals surface area contributed by atoms with Crippen molar-refractivity contribution in [1.29, 1.82) is 0 Å². The van der Waals surface area contributed by atoms with Crippen molar-refractivity contribution in [1.82, 2.24) is 0 Å². The van der Waals surface area contributed by atoms with Crippen LogP contribution >= 0.6 is 11.6 Å². The van der Waals surface area contributed by atoms with Crippen molar-refractivity contribution in [2.75, 3.05) is 6.61 Å². The Morgan fingerprint density at radius 1 is 1.57 bits per heavy atom. The molecule has 0 saturated carbocycles. The highest BCUT2D eigenvalue weighted by Gasteiger charge is 2.01. The molecule has 0 amide bonds. The summed E-state index contributed by atoms with van der Waals surface area (Å²) in [5.41, 5.74) is 7.33. The fourth-order valence-electron chi connectivity index (χ4n) is 0.851. The third kappa shape index (κ3) is 3.21. The summed E-state index contributed by atoms with van der Waals surface area (Å²) in [6.45, 7) is -0.284. The van der Waals surface area contributed by atoms with E-state index in [1.165, 1.54) is 5.43 Å². The third-order valence-electron chi connectivity index (χ3n) is 1.50. The van der Waals surface area contributed by atoms with Crippen LogP contribution in [0.3, 0.4) is 0 Å². The molecule has 0 radical (unpaired) electrons. The first-order valence-corrected chi connectivity index (χ1v) is 4.31. The number of benzene rings is 1. The van der Waals surface area contributed by atoms with Crippen LogP contribution in [-0.4, -0.2) is 17.5 Å². The Kier molecular flexibility index (Phi) is 4.18. The first-order chi connectivity index (χ1) is 6.76. The molecule has 0 aliphatic carbocycles. The SMILES string of the molecule is [NH2+]=N/C(CO)=N\[NH2+]c1cccc(Cl)c1. The topological polar surface area (TPSA) is 87.2 Å². The molecule has 0 atom stereocenters. The molecule has 5 N–H and O–H groups in total. The molecule has 14 heavy (non-hydrogen) atoms. The van der Waals surface area contributed by atoms with Gasteiger partial charge < -0.3 is 5.11 Å². The lowest BCUT2D eigenvalue weighted by Gasteiger charge is -1.94. The van der Waals surface area contributed by atoms with Crippen molar-refractivity contribution in [2.24, 2.45) is 10.2 Å². The van der Waals surface area contributed by atoms with E-state index in [4.69, 9.17) is 22.2 Å². The van der Waals surface area contributed by atoms with Gasteiger partial charge in [0, 0.05) is 22.3 Å². The van der Waals surface area contributed by atoms with Gasteiger partial charge in [-0.15, -0.1) is 0 Å². The molecule has 0 saturated heterocycles. The number of amidine groups is 1. The second-order valence-corrected chi connectivity index (χ2v) is 2.95. The van der Waals surface area contributed by atoms with E-state index in [-0.39, 0.29) is 12.4 Å². The summed E-state index contributed by atoms with van der Waals surface area (Å²) in [6, 6.07) is 7.15. The fraction of sp³-hybridized carbons (Fsp3) is 0.125. The molecular formula is C8H11ClN4O+2. The number of nitrogens with zero attached hydrogens (tertiary/aromatic N) is 2. The summed E-state index contributed by atoms with van der Waals surface area (Å²) in [4.78, 5) is 0. The van der Waals surface area contributed by atoms with Gasteiger partial charge >= 0.3 is 0 Å². The first kappa shape index (κ1) is 10.8. The Balaban J connectivity index is 2.69. The summed E-state index contributed by atoms with van der Waals surface area (Å²) in [5, 5.41) is 16.5. The summed E-state index contributed by atoms with van der Waals surface area (Å²) in [6.07, 6.45) is 0. The van der Waals surface area contributed by atoms with E-state index in [9.17, 15) is 0 Å². The molecule has 0 heterocycles. The van der Waals surface area contributed by atoms with Crippen LogP contribution in [0.2, 0.25) is 5.02 Å². The molecule has 1 aromatic rings. The van der Waals surface area contributed by atoms with Crippen LogP contribution in [0.4, 0.5) is 5.69 Å². The van der Waals surface area contributed by atoms with E-state index in [1.54, 1.807) is 12.1 Å². The van der Waals surface area contributed by atoms with Crippen molar-refractivity contribution in [3.8, 4) is 0 Å². The molecular weight excluding hydrogens is 204 g/mol. The van der Waals surface area contributed by atoms with Gasteiger partial charge in [0.25, 0.3) is 5.84 Å². The maximum Gasteiger partial charge on any atom is 0.274 e. The van der Waals surface area contributed by atoms with E-state index in [0.29, 0.717) is 5.02 Å². The maximum atomic E-state index is 8.71. The second kappa shape index (κ2) is 5.43. The highest BCUT2D eigenvalue weighted by molar-refractivity contribution is 6.30. The Morgan fingerprint density at radius 3 is 2.93 bits per heavy atom. The number of hydrogen-bond acceptors (Lipinski definition) is 2. The number of rotatable bonds is 3. The van der Waals surface area contributed by atoms with Crippen molar-refractivity contribution in [3.05, 3.63) is 29.3 Å². The predicted molar refractivity (Wildman–Crippen MR) is 51.9 cm³/mol. The summed E-state index contributed by atoms with van der Waals surface area (Å²) in [7, 11) is 0. The minimum atomic E-state index is -0.284. The predicted octanol–water partition coefficient (Wildman–Crippen LogP) is -0.948. The molecule has 0 aliphatic rings. The molecule has 1 rings (SSSR count). The molecule has 0 aliphatic heterocycles. The zero-order chi connectivity index (χ0) is 10.4. The molecule has 0 fully saturated rings. The highest BCUT2D eigenvalue weighted by atomic mass is 35.5. The van der Waals surface area contributed by atoms with Crippen molar-refractivity contribution < 1.29 is 16.1 Å². The molecule has 5 nitrogen and oxygen atoms in total. The van der Waals surface area contributed by atoms with Gasteiger partial charge in [-0.25, -0.2) is 0 Å². The smallest absolute Gasteiger partial charge is 0.274 e. The molecule has 0 spiro atoms. The van der Waals surface area contributed by atoms with E-state index >= 15 is 0 Å². The van der Waals surface area contributed by atoms with Crippen molar-refractivity contribution >= 4 is 23.1 Å². The monoisotopic (exact) mass is 214 g/mol.